The fourth-order valence-corrected chi connectivity index (χ4v) is 2.64. The molecule has 4 heteroatoms. The number of ether oxygens (including phenoxy) is 1. The SMILES string of the molecule is CCOc1ccc(Cl)cc1NC(C)c1cccs1. The van der Waals surface area contributed by atoms with Crippen molar-refractivity contribution in [2.45, 2.75) is 19.9 Å². The van der Waals surface area contributed by atoms with Crippen LogP contribution >= 0.6 is 22.9 Å². The Kier molecular flexibility index (Phi) is 4.50. The van der Waals surface area contributed by atoms with Crippen LogP contribution in [0.15, 0.2) is 35.7 Å². The molecule has 96 valence electrons. The number of anilines is 1. The molecule has 18 heavy (non-hydrogen) atoms. The van der Waals surface area contributed by atoms with Gasteiger partial charge in [-0.2, -0.15) is 0 Å². The van der Waals surface area contributed by atoms with Gasteiger partial charge in [0.05, 0.1) is 18.3 Å². The van der Waals surface area contributed by atoms with Crippen LogP contribution in [-0.4, -0.2) is 6.61 Å². The molecule has 2 rings (SSSR count). The molecule has 0 aliphatic carbocycles. The highest BCUT2D eigenvalue weighted by Crippen LogP contribution is 2.32. The third-order valence-corrected chi connectivity index (χ3v) is 3.87. The topological polar surface area (TPSA) is 21.3 Å². The van der Waals surface area contributed by atoms with E-state index in [0.29, 0.717) is 11.6 Å². The monoisotopic (exact) mass is 281 g/mol. The van der Waals surface area contributed by atoms with Crippen LogP contribution in [-0.2, 0) is 0 Å². The summed E-state index contributed by atoms with van der Waals surface area (Å²) in [5.74, 6) is 0.838. The molecule has 0 bridgehead atoms. The van der Waals surface area contributed by atoms with E-state index < -0.39 is 0 Å². The fourth-order valence-electron chi connectivity index (χ4n) is 1.74. The van der Waals surface area contributed by atoms with Gasteiger partial charge < -0.3 is 10.1 Å². The first-order chi connectivity index (χ1) is 8.70. The van der Waals surface area contributed by atoms with E-state index in [1.54, 1.807) is 11.3 Å². The largest absolute Gasteiger partial charge is 0.492 e. The number of halogens is 1. The van der Waals surface area contributed by atoms with E-state index in [0.717, 1.165) is 11.4 Å². The summed E-state index contributed by atoms with van der Waals surface area (Å²) in [6.45, 7) is 4.74. The second kappa shape index (κ2) is 6.12. The number of nitrogens with one attached hydrogen (secondary N) is 1. The van der Waals surface area contributed by atoms with Crippen molar-refractivity contribution in [2.75, 3.05) is 11.9 Å². The zero-order valence-electron chi connectivity index (χ0n) is 10.4. The van der Waals surface area contributed by atoms with Gasteiger partial charge in [0.2, 0.25) is 0 Å². The molecule has 0 saturated carbocycles. The molecule has 1 heterocycles. The van der Waals surface area contributed by atoms with Crippen LogP contribution in [0.3, 0.4) is 0 Å². The van der Waals surface area contributed by atoms with Gasteiger partial charge in [-0.25, -0.2) is 0 Å². The summed E-state index contributed by atoms with van der Waals surface area (Å²) in [5.41, 5.74) is 0.935. The lowest BCUT2D eigenvalue weighted by atomic mass is 10.2. The Balaban J connectivity index is 2.19. The average molecular weight is 282 g/mol. The van der Waals surface area contributed by atoms with Crippen molar-refractivity contribution in [2.24, 2.45) is 0 Å². The number of hydrogen-bond donors (Lipinski definition) is 1. The Morgan fingerprint density at radius 2 is 2.22 bits per heavy atom. The van der Waals surface area contributed by atoms with Crippen LogP contribution in [0.1, 0.15) is 24.8 Å². The average Bonchev–Trinajstić information content (AvgIpc) is 2.86. The predicted molar refractivity (Wildman–Crippen MR) is 79.0 cm³/mol. The Morgan fingerprint density at radius 3 is 2.89 bits per heavy atom. The van der Waals surface area contributed by atoms with E-state index in [1.165, 1.54) is 4.88 Å². The highest BCUT2D eigenvalue weighted by molar-refractivity contribution is 7.10. The maximum Gasteiger partial charge on any atom is 0.142 e. The first-order valence-corrected chi connectivity index (χ1v) is 7.18. The van der Waals surface area contributed by atoms with E-state index >= 15 is 0 Å². The summed E-state index contributed by atoms with van der Waals surface area (Å²) < 4.78 is 5.59. The van der Waals surface area contributed by atoms with Crippen LogP contribution < -0.4 is 10.1 Å². The fraction of sp³-hybridized carbons (Fsp3) is 0.286. The Morgan fingerprint density at radius 1 is 1.39 bits per heavy atom. The first kappa shape index (κ1) is 13.2. The lowest BCUT2D eigenvalue weighted by Crippen LogP contribution is -2.06. The second-order valence-corrected chi connectivity index (χ2v) is 5.37. The van der Waals surface area contributed by atoms with Crippen LogP contribution in [0.4, 0.5) is 5.69 Å². The van der Waals surface area contributed by atoms with Crippen LogP contribution in [0.25, 0.3) is 0 Å². The molecule has 1 N–H and O–H groups in total. The molecule has 1 unspecified atom stereocenters. The van der Waals surface area contributed by atoms with Gasteiger partial charge >= 0.3 is 0 Å². The molecule has 0 radical (unpaired) electrons. The van der Waals surface area contributed by atoms with Gasteiger partial charge in [0, 0.05) is 9.90 Å². The number of rotatable bonds is 5. The summed E-state index contributed by atoms with van der Waals surface area (Å²) in [6.07, 6.45) is 0. The molecular weight excluding hydrogens is 266 g/mol. The molecule has 0 saturated heterocycles. The molecule has 0 aliphatic rings. The van der Waals surface area contributed by atoms with Crippen molar-refractivity contribution in [3.63, 3.8) is 0 Å². The Bertz CT molecular complexity index is 499. The van der Waals surface area contributed by atoms with E-state index in [9.17, 15) is 0 Å². The van der Waals surface area contributed by atoms with Crippen molar-refractivity contribution in [1.82, 2.24) is 0 Å². The highest BCUT2D eigenvalue weighted by Gasteiger charge is 2.10. The maximum atomic E-state index is 6.03. The summed E-state index contributed by atoms with van der Waals surface area (Å²) in [4.78, 5) is 1.29. The molecule has 0 aliphatic heterocycles. The van der Waals surface area contributed by atoms with Crippen molar-refractivity contribution >= 4 is 28.6 Å². The minimum atomic E-state index is 0.239. The standard InChI is InChI=1S/C14H16ClNOS/c1-3-17-13-7-6-11(15)9-12(13)16-10(2)14-5-4-8-18-14/h4-10,16H,3H2,1-2H3. The second-order valence-electron chi connectivity index (χ2n) is 3.95. The van der Waals surface area contributed by atoms with Gasteiger partial charge in [0.1, 0.15) is 5.75 Å². The normalized spacial score (nSPS) is 12.2. The zero-order chi connectivity index (χ0) is 13.0. The van der Waals surface area contributed by atoms with Crippen molar-refractivity contribution < 1.29 is 4.74 Å². The molecule has 0 fully saturated rings. The van der Waals surface area contributed by atoms with E-state index in [2.05, 4.69) is 29.8 Å². The maximum absolute atomic E-state index is 6.03. The molecule has 1 aromatic carbocycles. The highest BCUT2D eigenvalue weighted by atomic mass is 35.5. The third-order valence-electron chi connectivity index (χ3n) is 2.58. The molecule has 2 nitrogen and oxygen atoms in total. The molecule has 1 atom stereocenters. The Hall–Kier alpha value is -1.19. The lowest BCUT2D eigenvalue weighted by Gasteiger charge is -2.17. The molecule has 2 aromatic rings. The summed E-state index contributed by atoms with van der Waals surface area (Å²) in [7, 11) is 0. The van der Waals surface area contributed by atoms with Gasteiger partial charge in [0.25, 0.3) is 0 Å². The Labute approximate surface area is 117 Å². The van der Waals surface area contributed by atoms with Crippen molar-refractivity contribution in [1.29, 1.82) is 0 Å². The predicted octanol–water partition coefficient (Wildman–Crippen LogP) is 4.97. The molecule has 0 spiro atoms. The van der Waals surface area contributed by atoms with E-state index in [4.69, 9.17) is 16.3 Å². The van der Waals surface area contributed by atoms with Crippen molar-refractivity contribution in [3.8, 4) is 5.75 Å². The van der Waals surface area contributed by atoms with Crippen LogP contribution in [0.2, 0.25) is 5.02 Å². The molecule has 0 amide bonds. The molecule has 1 aromatic heterocycles. The summed E-state index contributed by atoms with van der Waals surface area (Å²) in [5, 5.41) is 6.23. The minimum absolute atomic E-state index is 0.239. The number of benzene rings is 1. The van der Waals surface area contributed by atoms with Gasteiger partial charge in [-0.05, 0) is 43.5 Å². The van der Waals surface area contributed by atoms with Crippen molar-refractivity contribution in [3.05, 3.63) is 45.6 Å². The molecular formula is C14H16ClNOS. The van der Waals surface area contributed by atoms with Gasteiger partial charge in [0.15, 0.2) is 0 Å². The van der Waals surface area contributed by atoms with E-state index in [-0.39, 0.29) is 6.04 Å². The number of hydrogen-bond acceptors (Lipinski definition) is 3. The van der Waals surface area contributed by atoms with Gasteiger partial charge in [-0.15, -0.1) is 11.3 Å². The van der Waals surface area contributed by atoms with Crippen LogP contribution in [0.5, 0.6) is 5.75 Å². The minimum Gasteiger partial charge on any atom is -0.492 e. The van der Waals surface area contributed by atoms with E-state index in [1.807, 2.05) is 25.1 Å². The quantitative estimate of drug-likeness (QED) is 0.835. The van der Waals surface area contributed by atoms with Crippen LogP contribution in [0, 0.1) is 0 Å². The summed E-state index contributed by atoms with van der Waals surface area (Å²) >= 11 is 7.77. The smallest absolute Gasteiger partial charge is 0.142 e. The number of thiophene rings is 1. The first-order valence-electron chi connectivity index (χ1n) is 5.93. The third kappa shape index (κ3) is 3.18. The lowest BCUT2D eigenvalue weighted by molar-refractivity contribution is 0.341. The summed E-state index contributed by atoms with van der Waals surface area (Å²) in [6, 6.07) is 10.1. The zero-order valence-corrected chi connectivity index (χ0v) is 12.0. The van der Waals surface area contributed by atoms with Gasteiger partial charge in [-0.3, -0.25) is 0 Å². The van der Waals surface area contributed by atoms with Gasteiger partial charge in [-0.1, -0.05) is 17.7 Å².